The van der Waals surface area contributed by atoms with Crippen molar-refractivity contribution in [3.8, 4) is 16.3 Å². The lowest BCUT2D eigenvalue weighted by molar-refractivity contribution is 0.0664. The number of carbonyl (C=O) groups excluding carboxylic acids is 2. The second-order valence-electron chi connectivity index (χ2n) is 7.87. The van der Waals surface area contributed by atoms with Crippen molar-refractivity contribution in [2.75, 3.05) is 39.8 Å². The van der Waals surface area contributed by atoms with Gasteiger partial charge in [-0.1, -0.05) is 24.3 Å². The summed E-state index contributed by atoms with van der Waals surface area (Å²) in [5, 5.41) is 13.0. The third-order valence-corrected chi connectivity index (χ3v) is 6.58. The van der Waals surface area contributed by atoms with Gasteiger partial charge < -0.3 is 20.2 Å². The molecule has 1 aliphatic heterocycles. The Hall–Kier alpha value is -3.23. The number of phenols is 1. The van der Waals surface area contributed by atoms with E-state index in [0.29, 0.717) is 23.4 Å². The first-order valence-corrected chi connectivity index (χ1v) is 11.4. The molecule has 2 heterocycles. The van der Waals surface area contributed by atoms with E-state index in [2.05, 4.69) is 22.2 Å². The minimum Gasteiger partial charge on any atom is -0.508 e. The van der Waals surface area contributed by atoms with Gasteiger partial charge in [-0.25, -0.2) is 4.98 Å². The summed E-state index contributed by atoms with van der Waals surface area (Å²) in [4.78, 5) is 34.2. The molecule has 0 atom stereocenters. The van der Waals surface area contributed by atoms with Crippen LogP contribution in [0.2, 0.25) is 0 Å². The predicted octanol–water partition coefficient (Wildman–Crippen LogP) is 2.88. The van der Waals surface area contributed by atoms with E-state index in [4.69, 9.17) is 0 Å². The Labute approximate surface area is 191 Å². The van der Waals surface area contributed by atoms with Crippen molar-refractivity contribution in [2.24, 2.45) is 0 Å². The number of nitrogens with one attached hydrogen (secondary N) is 1. The van der Waals surface area contributed by atoms with Crippen LogP contribution in [-0.2, 0) is 6.42 Å². The molecule has 2 amide bonds. The summed E-state index contributed by atoms with van der Waals surface area (Å²) in [5.74, 6) is 0.124. The van der Waals surface area contributed by atoms with E-state index in [1.54, 1.807) is 18.3 Å². The van der Waals surface area contributed by atoms with Gasteiger partial charge in [-0.3, -0.25) is 9.59 Å². The number of carbonyl (C=O) groups is 2. The highest BCUT2D eigenvalue weighted by molar-refractivity contribution is 7.16. The number of piperazine rings is 1. The number of rotatable bonds is 6. The minimum absolute atomic E-state index is 0.0532. The average molecular weight is 451 g/mol. The first-order chi connectivity index (χ1) is 15.5. The van der Waals surface area contributed by atoms with Crippen LogP contribution in [0.1, 0.15) is 25.6 Å². The number of hydrogen-bond acceptors (Lipinski definition) is 6. The van der Waals surface area contributed by atoms with Crippen molar-refractivity contribution in [1.29, 1.82) is 0 Å². The molecule has 1 aromatic heterocycles. The predicted molar refractivity (Wildman–Crippen MR) is 125 cm³/mol. The molecule has 0 unspecified atom stereocenters. The van der Waals surface area contributed by atoms with Gasteiger partial charge in [0.2, 0.25) is 0 Å². The van der Waals surface area contributed by atoms with Gasteiger partial charge in [-0.2, -0.15) is 0 Å². The van der Waals surface area contributed by atoms with Crippen LogP contribution in [-0.4, -0.2) is 71.5 Å². The summed E-state index contributed by atoms with van der Waals surface area (Å²) >= 11 is 1.33. The number of nitrogens with zero attached hydrogens (tertiary/aromatic N) is 3. The number of likely N-dealkylation sites (N-methyl/N-ethyl adjacent to an activating group) is 1. The number of benzene rings is 2. The molecule has 2 N–H and O–H groups in total. The lowest BCUT2D eigenvalue weighted by Gasteiger charge is -2.32. The van der Waals surface area contributed by atoms with E-state index in [9.17, 15) is 14.7 Å². The van der Waals surface area contributed by atoms with Crippen LogP contribution in [0.5, 0.6) is 5.75 Å². The molecule has 7 nitrogen and oxygen atoms in total. The Bertz CT molecular complexity index is 1070. The van der Waals surface area contributed by atoms with Crippen molar-refractivity contribution in [2.45, 2.75) is 6.42 Å². The number of phenolic OH excluding ortho intramolecular Hbond substituents is 1. The quantitative estimate of drug-likeness (QED) is 0.603. The average Bonchev–Trinajstić information content (AvgIpc) is 3.31. The molecule has 0 spiro atoms. The largest absolute Gasteiger partial charge is 0.508 e. The number of thiazole rings is 1. The Morgan fingerprint density at radius 1 is 1.03 bits per heavy atom. The number of aromatic hydroxyl groups is 1. The fourth-order valence-electron chi connectivity index (χ4n) is 3.53. The molecule has 8 heteroatoms. The molecular formula is C24H26N4O3S. The number of hydrogen-bond donors (Lipinski definition) is 2. The summed E-state index contributed by atoms with van der Waals surface area (Å²) in [7, 11) is 2.06. The third-order valence-electron chi connectivity index (χ3n) is 5.53. The van der Waals surface area contributed by atoms with Crippen molar-refractivity contribution < 1.29 is 14.7 Å². The van der Waals surface area contributed by atoms with Gasteiger partial charge in [-0.05, 0) is 43.3 Å². The molecule has 0 bridgehead atoms. The zero-order chi connectivity index (χ0) is 22.5. The molecule has 1 aliphatic rings. The maximum atomic E-state index is 12.7. The zero-order valence-electron chi connectivity index (χ0n) is 18.0. The second kappa shape index (κ2) is 9.93. The van der Waals surface area contributed by atoms with Crippen molar-refractivity contribution >= 4 is 23.2 Å². The van der Waals surface area contributed by atoms with Crippen LogP contribution in [0.25, 0.3) is 10.6 Å². The van der Waals surface area contributed by atoms with E-state index in [0.717, 1.165) is 42.3 Å². The second-order valence-corrected chi connectivity index (χ2v) is 8.91. The molecule has 0 saturated carbocycles. The maximum absolute atomic E-state index is 12.7. The number of aromatic nitrogens is 1. The lowest BCUT2D eigenvalue weighted by atomic mass is 10.1. The van der Waals surface area contributed by atoms with Crippen LogP contribution < -0.4 is 5.32 Å². The summed E-state index contributed by atoms with van der Waals surface area (Å²) in [6, 6.07) is 14.4. The fourth-order valence-corrected chi connectivity index (χ4v) is 4.37. The van der Waals surface area contributed by atoms with E-state index >= 15 is 0 Å². The Balaban J connectivity index is 1.33. The van der Waals surface area contributed by atoms with Crippen LogP contribution in [0.3, 0.4) is 0 Å². The van der Waals surface area contributed by atoms with Crippen molar-refractivity contribution in [1.82, 2.24) is 20.1 Å². The highest BCUT2D eigenvalue weighted by Crippen LogP contribution is 2.26. The summed E-state index contributed by atoms with van der Waals surface area (Å²) < 4.78 is 0. The van der Waals surface area contributed by atoms with Gasteiger partial charge in [0.15, 0.2) is 0 Å². The molecule has 166 valence electrons. The molecule has 0 radical (unpaired) electrons. The lowest BCUT2D eigenvalue weighted by Crippen LogP contribution is -2.47. The van der Waals surface area contributed by atoms with Gasteiger partial charge in [0, 0.05) is 43.9 Å². The molecule has 3 aromatic rings. The minimum atomic E-state index is -0.158. The zero-order valence-corrected chi connectivity index (χ0v) is 18.8. The van der Waals surface area contributed by atoms with Crippen LogP contribution >= 0.6 is 11.3 Å². The van der Waals surface area contributed by atoms with Gasteiger partial charge in [0.05, 0.1) is 6.20 Å². The van der Waals surface area contributed by atoms with Gasteiger partial charge in [-0.15, -0.1) is 11.3 Å². The van der Waals surface area contributed by atoms with E-state index in [-0.39, 0.29) is 17.6 Å². The molecule has 32 heavy (non-hydrogen) atoms. The molecule has 1 saturated heterocycles. The number of amides is 2. The van der Waals surface area contributed by atoms with E-state index in [1.807, 2.05) is 41.3 Å². The Kier molecular flexibility index (Phi) is 6.82. The van der Waals surface area contributed by atoms with Crippen molar-refractivity contribution in [3.63, 3.8) is 0 Å². The highest BCUT2D eigenvalue weighted by atomic mass is 32.1. The molecular weight excluding hydrogens is 424 g/mol. The summed E-state index contributed by atoms with van der Waals surface area (Å²) in [6.07, 6.45) is 2.26. The fraction of sp³-hybridized carbons (Fsp3) is 0.292. The third kappa shape index (κ3) is 5.33. The molecule has 4 rings (SSSR count). The topological polar surface area (TPSA) is 85.8 Å². The van der Waals surface area contributed by atoms with Gasteiger partial charge >= 0.3 is 0 Å². The maximum Gasteiger partial charge on any atom is 0.263 e. The Morgan fingerprint density at radius 3 is 2.41 bits per heavy atom. The molecule has 2 aromatic carbocycles. The molecule has 0 aliphatic carbocycles. The summed E-state index contributed by atoms with van der Waals surface area (Å²) in [6.45, 7) is 3.77. The van der Waals surface area contributed by atoms with Crippen LogP contribution in [0.15, 0.2) is 54.7 Å². The first-order valence-electron chi connectivity index (χ1n) is 10.6. The van der Waals surface area contributed by atoms with Gasteiger partial charge in [0.25, 0.3) is 11.8 Å². The summed E-state index contributed by atoms with van der Waals surface area (Å²) in [5.41, 5.74) is 2.59. The Morgan fingerprint density at radius 2 is 1.72 bits per heavy atom. The van der Waals surface area contributed by atoms with Crippen LogP contribution in [0.4, 0.5) is 0 Å². The monoisotopic (exact) mass is 450 g/mol. The molecule has 1 fully saturated rings. The van der Waals surface area contributed by atoms with E-state index in [1.165, 1.54) is 11.3 Å². The SMILES string of the molecule is CN1CCN(C(=O)c2ccc(-c3ncc(C(=O)NCCc4ccc(O)cc4)s3)cc2)CC1. The van der Waals surface area contributed by atoms with Crippen molar-refractivity contribution in [3.05, 3.63) is 70.7 Å². The first kappa shape index (κ1) is 22.0. The van der Waals surface area contributed by atoms with Crippen LogP contribution in [0, 0.1) is 0 Å². The normalized spacial score (nSPS) is 14.3. The van der Waals surface area contributed by atoms with E-state index < -0.39 is 0 Å². The smallest absolute Gasteiger partial charge is 0.263 e. The van der Waals surface area contributed by atoms with Gasteiger partial charge in [0.1, 0.15) is 15.6 Å². The standard InChI is InChI=1S/C24H26N4O3S/c1-27-12-14-28(15-13-27)24(31)19-6-4-18(5-7-19)23-26-16-21(32-23)22(30)25-11-10-17-2-8-20(29)9-3-17/h2-9,16,29H,10-15H2,1H3,(H,25,30). The highest BCUT2D eigenvalue weighted by Gasteiger charge is 2.20.